The minimum atomic E-state index is -1.03. The van der Waals surface area contributed by atoms with Crippen molar-refractivity contribution in [3.63, 3.8) is 0 Å². The van der Waals surface area contributed by atoms with E-state index in [0.717, 1.165) is 22.2 Å². The molecule has 3 aromatic carbocycles. The fourth-order valence-electron chi connectivity index (χ4n) is 4.06. The van der Waals surface area contributed by atoms with Crippen molar-refractivity contribution in [3.8, 4) is 5.75 Å². The van der Waals surface area contributed by atoms with Gasteiger partial charge in [-0.1, -0.05) is 53.5 Å². The second-order valence-corrected chi connectivity index (χ2v) is 10.8. The molecular weight excluding hydrogens is 545 g/mol. The van der Waals surface area contributed by atoms with Gasteiger partial charge in [0.2, 0.25) is 0 Å². The molecule has 0 bridgehead atoms. The number of fused-ring (bicyclic) bond motifs is 1. The molecule has 1 atom stereocenters. The molecule has 9 heteroatoms. The molecule has 0 amide bonds. The Balaban J connectivity index is 1.49. The highest BCUT2D eigenvalue weighted by Gasteiger charge is 2.17. The number of benzene rings is 3. The lowest BCUT2D eigenvalue weighted by Crippen LogP contribution is -2.06. The first kappa shape index (κ1) is 27.8. The quantitative estimate of drug-likeness (QED) is 0.180. The van der Waals surface area contributed by atoms with Crippen LogP contribution in [-0.4, -0.2) is 32.9 Å². The van der Waals surface area contributed by atoms with E-state index < -0.39 is 11.9 Å². The Kier molecular flexibility index (Phi) is 9.50. The lowest BCUT2D eigenvalue weighted by molar-refractivity contribution is -0.136. The average molecular weight is 570 g/mol. The summed E-state index contributed by atoms with van der Waals surface area (Å²) in [5.74, 6) is -0.793. The van der Waals surface area contributed by atoms with Gasteiger partial charge in [-0.05, 0) is 66.4 Å². The molecule has 0 saturated carbocycles. The second-order valence-electron chi connectivity index (χ2n) is 8.65. The van der Waals surface area contributed by atoms with Crippen molar-refractivity contribution in [3.05, 3.63) is 105 Å². The molecule has 1 heterocycles. The number of aryl methyl sites for hydroxylation is 1. The van der Waals surface area contributed by atoms with Crippen LogP contribution in [0.5, 0.6) is 5.75 Å². The van der Waals surface area contributed by atoms with Gasteiger partial charge in [-0.15, -0.1) is 0 Å². The van der Waals surface area contributed by atoms with E-state index in [1.807, 2.05) is 54.6 Å². The van der Waals surface area contributed by atoms with E-state index in [0.29, 0.717) is 40.0 Å². The van der Waals surface area contributed by atoms with Crippen LogP contribution in [0.1, 0.15) is 45.3 Å². The van der Waals surface area contributed by atoms with Gasteiger partial charge in [-0.2, -0.15) is 11.8 Å². The molecule has 0 spiro atoms. The molecule has 2 N–H and O–H groups in total. The smallest absolute Gasteiger partial charge is 0.336 e. The number of thioether (sulfide) groups is 1. The number of nitrogens with zero attached hydrogens (tertiary/aromatic N) is 1. The van der Waals surface area contributed by atoms with Crippen LogP contribution >= 0.6 is 35.0 Å². The Hall–Kier alpha value is -3.26. The fourth-order valence-corrected chi connectivity index (χ4v) is 5.60. The summed E-state index contributed by atoms with van der Waals surface area (Å²) in [6, 6.07) is 22.0. The predicted molar refractivity (Wildman–Crippen MR) is 152 cm³/mol. The number of aliphatic carboxylic acids is 1. The lowest BCUT2D eigenvalue weighted by atomic mass is 9.99. The van der Waals surface area contributed by atoms with Gasteiger partial charge in [0, 0.05) is 26.4 Å². The molecule has 196 valence electrons. The fraction of sp³-hybridized carbons (Fsp3) is 0.207. The van der Waals surface area contributed by atoms with E-state index in [-0.39, 0.29) is 23.8 Å². The molecule has 4 aromatic rings. The van der Waals surface area contributed by atoms with Crippen LogP contribution in [0.25, 0.3) is 10.9 Å². The Bertz CT molecular complexity index is 1460. The van der Waals surface area contributed by atoms with E-state index in [1.54, 1.807) is 12.1 Å². The van der Waals surface area contributed by atoms with Crippen LogP contribution in [0.2, 0.25) is 10.0 Å². The van der Waals surface area contributed by atoms with Crippen LogP contribution in [-0.2, 0) is 17.8 Å². The Labute approximate surface area is 234 Å². The molecule has 4 rings (SSSR count). The van der Waals surface area contributed by atoms with E-state index in [9.17, 15) is 14.7 Å². The summed E-state index contributed by atoms with van der Waals surface area (Å²) in [5, 5.41) is 20.6. The van der Waals surface area contributed by atoms with Gasteiger partial charge >= 0.3 is 11.9 Å². The van der Waals surface area contributed by atoms with Gasteiger partial charge in [0.15, 0.2) is 0 Å². The molecular formula is C29H25Cl2NO5S. The second kappa shape index (κ2) is 13.0. The lowest BCUT2D eigenvalue weighted by Gasteiger charge is -2.19. The third-order valence-electron chi connectivity index (χ3n) is 5.94. The van der Waals surface area contributed by atoms with Crippen molar-refractivity contribution >= 4 is 57.8 Å². The number of aromatic carboxylic acids is 1. The molecule has 1 unspecified atom stereocenters. The number of pyridine rings is 1. The molecule has 0 saturated heterocycles. The number of halogens is 2. The van der Waals surface area contributed by atoms with Crippen LogP contribution in [0.15, 0.2) is 72.8 Å². The van der Waals surface area contributed by atoms with Crippen LogP contribution in [0.4, 0.5) is 0 Å². The maximum absolute atomic E-state index is 11.7. The van der Waals surface area contributed by atoms with Crippen molar-refractivity contribution in [2.75, 3.05) is 5.75 Å². The van der Waals surface area contributed by atoms with E-state index in [1.165, 1.54) is 17.8 Å². The summed E-state index contributed by atoms with van der Waals surface area (Å²) in [6.07, 6.45) is 1.15. The molecule has 0 aliphatic carbocycles. The van der Waals surface area contributed by atoms with Gasteiger partial charge in [-0.3, -0.25) is 4.79 Å². The van der Waals surface area contributed by atoms with Gasteiger partial charge in [0.05, 0.1) is 23.2 Å². The molecule has 0 aliphatic heterocycles. The first-order valence-corrected chi connectivity index (χ1v) is 13.7. The van der Waals surface area contributed by atoms with E-state index in [4.69, 9.17) is 33.0 Å². The molecule has 38 heavy (non-hydrogen) atoms. The van der Waals surface area contributed by atoms with Crippen LogP contribution in [0.3, 0.4) is 0 Å². The highest BCUT2D eigenvalue weighted by atomic mass is 35.5. The van der Waals surface area contributed by atoms with E-state index >= 15 is 0 Å². The molecule has 0 radical (unpaired) electrons. The number of ether oxygens (including phenoxy) is 1. The predicted octanol–water partition coefficient (Wildman–Crippen LogP) is 7.70. The minimum absolute atomic E-state index is 0.0380. The Morgan fingerprint density at radius 3 is 2.50 bits per heavy atom. The number of aromatic nitrogens is 1. The number of hydrogen-bond donors (Lipinski definition) is 2. The summed E-state index contributed by atoms with van der Waals surface area (Å²) in [4.78, 5) is 27.4. The number of carboxylic acids is 2. The van der Waals surface area contributed by atoms with Gasteiger partial charge in [0.1, 0.15) is 12.4 Å². The Morgan fingerprint density at radius 1 is 0.947 bits per heavy atom. The van der Waals surface area contributed by atoms with Crippen LogP contribution < -0.4 is 4.74 Å². The van der Waals surface area contributed by atoms with Gasteiger partial charge < -0.3 is 14.9 Å². The van der Waals surface area contributed by atoms with E-state index in [2.05, 4.69) is 4.98 Å². The van der Waals surface area contributed by atoms with Crippen molar-refractivity contribution in [1.29, 1.82) is 0 Å². The zero-order chi connectivity index (χ0) is 27.1. The molecule has 0 aliphatic rings. The van der Waals surface area contributed by atoms with Crippen molar-refractivity contribution in [1.82, 2.24) is 4.98 Å². The maximum Gasteiger partial charge on any atom is 0.336 e. The third kappa shape index (κ3) is 7.63. The molecule has 6 nitrogen and oxygen atoms in total. The summed E-state index contributed by atoms with van der Waals surface area (Å²) in [6.45, 7) is 0.273. The summed E-state index contributed by atoms with van der Waals surface area (Å²) < 4.78 is 6.04. The average Bonchev–Trinajstić information content (AvgIpc) is 2.89. The standard InChI is InChI=1S/C29H25Cl2NO5S/c30-21-8-4-18(25(15-21)29(35)36)7-11-27(38-13-12-28(33)34)20-2-1-3-24(14-20)37-17-23-10-6-19-5-9-22(31)16-26(19)32-23/h1-6,8-10,14-16,27H,7,11-13,17H2,(H,33,34)(H,35,36). The number of carbonyl (C=O) groups is 2. The highest BCUT2D eigenvalue weighted by molar-refractivity contribution is 7.99. The molecule has 0 fully saturated rings. The monoisotopic (exact) mass is 569 g/mol. The largest absolute Gasteiger partial charge is 0.487 e. The Morgan fingerprint density at radius 2 is 1.71 bits per heavy atom. The summed E-state index contributed by atoms with van der Waals surface area (Å²) in [5.41, 5.74) is 3.39. The molecule has 1 aromatic heterocycles. The third-order valence-corrected chi connectivity index (χ3v) is 7.76. The highest BCUT2D eigenvalue weighted by Crippen LogP contribution is 2.36. The number of hydrogen-bond acceptors (Lipinski definition) is 5. The first-order chi connectivity index (χ1) is 18.3. The van der Waals surface area contributed by atoms with Crippen molar-refractivity contribution in [2.24, 2.45) is 0 Å². The number of carboxylic acid groups (broad SMARTS) is 2. The summed E-state index contributed by atoms with van der Waals surface area (Å²) >= 11 is 13.6. The zero-order valence-electron chi connectivity index (χ0n) is 20.3. The number of rotatable bonds is 12. The zero-order valence-corrected chi connectivity index (χ0v) is 22.6. The minimum Gasteiger partial charge on any atom is -0.487 e. The first-order valence-electron chi connectivity index (χ1n) is 11.9. The van der Waals surface area contributed by atoms with Gasteiger partial charge in [0.25, 0.3) is 0 Å². The van der Waals surface area contributed by atoms with Crippen molar-refractivity contribution < 1.29 is 24.5 Å². The maximum atomic E-state index is 11.7. The van der Waals surface area contributed by atoms with Crippen molar-refractivity contribution in [2.45, 2.75) is 31.1 Å². The SMILES string of the molecule is O=C(O)CCSC(CCc1ccc(Cl)cc1C(=O)O)c1cccc(OCc2ccc3ccc(Cl)cc3n2)c1. The van der Waals surface area contributed by atoms with Gasteiger partial charge in [-0.25, -0.2) is 9.78 Å². The van der Waals surface area contributed by atoms with Crippen LogP contribution in [0, 0.1) is 0 Å². The topological polar surface area (TPSA) is 96.7 Å². The normalized spacial score (nSPS) is 11.8. The summed E-state index contributed by atoms with van der Waals surface area (Å²) in [7, 11) is 0.